The Kier molecular flexibility index (Phi) is 6.28. The average molecular weight is 436 g/mol. The Hall–Kier alpha value is 2.00. The van der Waals surface area contributed by atoms with Gasteiger partial charge in [-0.15, -0.1) is 0 Å². The van der Waals surface area contributed by atoms with Crippen molar-refractivity contribution in [3.63, 3.8) is 0 Å². The van der Waals surface area contributed by atoms with Gasteiger partial charge in [0.2, 0.25) is 0 Å². The first-order chi connectivity index (χ1) is 7.46. The summed E-state index contributed by atoms with van der Waals surface area (Å²) in [5, 5.41) is -13.0. The van der Waals surface area contributed by atoms with Gasteiger partial charge in [0.05, 0.1) is 0 Å². The highest BCUT2D eigenvalue weighted by atomic mass is 35.6. The predicted octanol–water partition coefficient (Wildman–Crippen LogP) is 6.10. The summed E-state index contributed by atoms with van der Waals surface area (Å²) >= 11 is 38.2. The normalized spacial score (nSPS) is 24.0. The van der Waals surface area contributed by atoms with Crippen molar-refractivity contribution in [1.82, 2.24) is 0 Å². The van der Waals surface area contributed by atoms with Gasteiger partial charge < -0.3 is 0 Å². The Morgan fingerprint density at radius 1 is 0.611 bits per heavy atom. The van der Waals surface area contributed by atoms with Gasteiger partial charge in [0.15, 0.2) is 0 Å². The second-order valence-corrected chi connectivity index (χ2v) is 7.71. The third-order valence-corrected chi connectivity index (χ3v) is 4.34. The smallest absolute Gasteiger partial charge is 0.276 e. The van der Waals surface area contributed by atoms with E-state index in [4.69, 9.17) is 58.0 Å². The largest absolute Gasteiger partial charge is 0.344 e. The molecule has 18 heavy (non-hydrogen) atoms. The summed E-state index contributed by atoms with van der Waals surface area (Å²) in [6, 6.07) is 0. The van der Waals surface area contributed by atoms with Crippen LogP contribution in [-0.4, -0.2) is 24.1 Å². The van der Waals surface area contributed by atoms with E-state index < -0.39 is 24.1 Å². The lowest BCUT2D eigenvalue weighted by Gasteiger charge is -2.37. The third-order valence-electron chi connectivity index (χ3n) is 1.31. The molecule has 110 valence electrons. The van der Waals surface area contributed by atoms with Crippen molar-refractivity contribution >= 4 is 92.8 Å². The van der Waals surface area contributed by atoms with E-state index in [0.29, 0.717) is 0 Å². The topological polar surface area (TPSA) is 9.23 Å². The lowest BCUT2D eigenvalue weighted by molar-refractivity contribution is -0.233. The number of hydrogen-bond acceptors (Lipinski definition) is 1. The molecule has 0 heterocycles. The Labute approximate surface area is 138 Å². The zero-order chi connectivity index (χ0) is 15.2. The summed E-state index contributed by atoms with van der Waals surface area (Å²) < 4.78 is 49.5. The molecule has 1 nitrogen and oxygen atoms in total. The van der Waals surface area contributed by atoms with Crippen LogP contribution in [0.3, 0.4) is 0 Å². The van der Waals surface area contributed by atoms with Crippen LogP contribution in [0.25, 0.3) is 0 Å². The van der Waals surface area contributed by atoms with Gasteiger partial charge in [-0.1, -0.05) is 69.6 Å². The minimum Gasteiger partial charge on any atom is -0.276 e. The van der Waals surface area contributed by atoms with E-state index in [1.807, 2.05) is 0 Å². The fourth-order valence-corrected chi connectivity index (χ4v) is 1.32. The molecule has 0 aliphatic rings. The number of rotatable bonds is 4. The van der Waals surface area contributed by atoms with Gasteiger partial charge in [-0.3, -0.25) is 4.74 Å². The second kappa shape index (κ2) is 5.65. The summed E-state index contributed by atoms with van der Waals surface area (Å²) in [4.78, 5) is 0. The van der Waals surface area contributed by atoms with Gasteiger partial charge in [0.25, 0.3) is 3.79 Å². The molecule has 0 aromatic heterocycles. The van der Waals surface area contributed by atoms with E-state index in [1.54, 1.807) is 0 Å². The van der Waals surface area contributed by atoms with Crippen molar-refractivity contribution in [3.05, 3.63) is 0 Å². The molecule has 0 fully saturated rings. The highest BCUT2D eigenvalue weighted by molar-refractivity contribution is 6.70. The molecule has 13 heteroatoms. The van der Waals surface area contributed by atoms with Gasteiger partial charge in [0.1, 0.15) is 0 Å². The van der Waals surface area contributed by atoms with E-state index in [1.165, 1.54) is 0 Å². The van der Waals surface area contributed by atoms with E-state index >= 15 is 0 Å². The van der Waals surface area contributed by atoms with Crippen molar-refractivity contribution in [2.45, 2.75) is 24.1 Å². The van der Waals surface area contributed by atoms with Gasteiger partial charge in [-0.05, 0) is 23.2 Å². The minimum atomic E-state index is -4.51. The zero-order valence-electron chi connectivity index (χ0n) is 7.44. The summed E-state index contributed by atoms with van der Waals surface area (Å²) in [6.45, 7) is 0. The Morgan fingerprint density at radius 2 is 0.944 bits per heavy atom. The number of hydrogen-bond donors (Lipinski definition) is 0. The molecule has 0 spiro atoms. The summed E-state index contributed by atoms with van der Waals surface area (Å²) in [6.07, 6.45) is 0. The maximum Gasteiger partial charge on any atom is 0.344 e. The maximum absolute atomic E-state index is 13.5. The molecule has 0 radical (unpaired) electrons. The fourth-order valence-electron chi connectivity index (χ4n) is 0.448. The average Bonchev–Trinajstić information content (AvgIpc) is 1.96. The molecule has 0 N–H and O–H groups in total. The molecule has 0 aromatic carbocycles. The molecule has 0 amide bonds. The highest BCUT2D eigenvalue weighted by Gasteiger charge is 2.70. The van der Waals surface area contributed by atoms with Gasteiger partial charge in [0, 0.05) is 0 Å². The van der Waals surface area contributed by atoms with Crippen molar-refractivity contribution in [2.24, 2.45) is 0 Å². The first kappa shape index (κ1) is 20.0. The summed E-state index contributed by atoms with van der Waals surface area (Å²) in [7, 11) is 0. The van der Waals surface area contributed by atoms with Gasteiger partial charge >= 0.3 is 20.3 Å². The Bertz CT molecular complexity index is 308. The molecule has 3 atom stereocenters. The monoisotopic (exact) mass is 432 g/mol. The van der Waals surface area contributed by atoms with Crippen LogP contribution in [-0.2, 0) is 4.74 Å². The minimum absolute atomic E-state index is 3.12. The summed E-state index contributed by atoms with van der Waals surface area (Å²) in [5.74, 6) is 0. The second-order valence-electron chi connectivity index (χ2n) is 2.71. The number of alkyl halides is 12. The number of ether oxygens (including phenoxy) is 1. The van der Waals surface area contributed by atoms with Crippen molar-refractivity contribution < 1.29 is 22.3 Å². The van der Waals surface area contributed by atoms with Crippen LogP contribution < -0.4 is 0 Å². The summed E-state index contributed by atoms with van der Waals surface area (Å²) in [5.41, 5.74) is 0. The molecule has 0 saturated heterocycles. The van der Waals surface area contributed by atoms with Crippen LogP contribution in [0.1, 0.15) is 0 Å². The van der Waals surface area contributed by atoms with Gasteiger partial charge in [-0.25, -0.2) is 8.78 Å². The number of halogens is 12. The standard InChI is InChI=1S/C5Cl8F4O/c6-1(14,3(10,11)15)4(12,16)18-5(13,17)2(7,8)9. The SMILES string of the molecule is FC(Cl)(Cl)C(F)(Cl)C(F)(Cl)OC(F)(Cl)C(Cl)(Cl)Cl. The fraction of sp³-hybridized carbons (Fsp3) is 1.00. The third kappa shape index (κ3) is 4.25. The molecule has 3 unspecified atom stereocenters. The van der Waals surface area contributed by atoms with Crippen LogP contribution in [0.5, 0.6) is 0 Å². The predicted molar refractivity (Wildman–Crippen MR) is 66.0 cm³/mol. The van der Waals surface area contributed by atoms with Crippen molar-refractivity contribution in [1.29, 1.82) is 0 Å². The Balaban J connectivity index is 5.33. The molecule has 0 aromatic rings. The molecule has 0 rings (SSSR count). The Morgan fingerprint density at radius 3 is 1.17 bits per heavy atom. The van der Waals surface area contributed by atoms with Crippen molar-refractivity contribution in [2.75, 3.05) is 0 Å². The molecule has 0 saturated carbocycles. The molecule has 0 aliphatic carbocycles. The maximum atomic E-state index is 13.5. The zero-order valence-corrected chi connectivity index (χ0v) is 13.5. The van der Waals surface area contributed by atoms with Crippen LogP contribution in [0.4, 0.5) is 17.6 Å². The lowest BCUT2D eigenvalue weighted by Crippen LogP contribution is -2.55. The first-order valence-corrected chi connectivity index (χ1v) is 6.45. The highest BCUT2D eigenvalue weighted by Crippen LogP contribution is 2.56. The van der Waals surface area contributed by atoms with E-state index in [-0.39, 0.29) is 0 Å². The quantitative estimate of drug-likeness (QED) is 0.383. The van der Waals surface area contributed by atoms with E-state index in [2.05, 4.69) is 39.5 Å². The van der Waals surface area contributed by atoms with Crippen molar-refractivity contribution in [3.8, 4) is 0 Å². The molecular weight excluding hydrogens is 436 g/mol. The van der Waals surface area contributed by atoms with Crippen LogP contribution in [0.15, 0.2) is 0 Å². The van der Waals surface area contributed by atoms with Crippen LogP contribution >= 0.6 is 92.8 Å². The lowest BCUT2D eigenvalue weighted by atomic mass is 10.4. The van der Waals surface area contributed by atoms with E-state index in [0.717, 1.165) is 0 Å². The molecule has 0 aliphatic heterocycles. The van der Waals surface area contributed by atoms with Gasteiger partial charge in [-0.2, -0.15) is 8.78 Å². The molecular formula is C5Cl8F4O. The first-order valence-electron chi connectivity index (χ1n) is 3.43. The molecule has 0 bridgehead atoms. The van der Waals surface area contributed by atoms with E-state index in [9.17, 15) is 17.6 Å². The van der Waals surface area contributed by atoms with Crippen LogP contribution in [0, 0.1) is 0 Å². The van der Waals surface area contributed by atoms with Crippen LogP contribution in [0.2, 0.25) is 0 Å².